The van der Waals surface area contributed by atoms with Gasteiger partial charge in [0, 0.05) is 24.2 Å². The van der Waals surface area contributed by atoms with E-state index < -0.39 is 6.10 Å². The number of ether oxygens (including phenoxy) is 1. The van der Waals surface area contributed by atoms with Crippen molar-refractivity contribution in [1.82, 2.24) is 15.0 Å². The summed E-state index contributed by atoms with van der Waals surface area (Å²) >= 11 is 0. The molecule has 16 heavy (non-hydrogen) atoms. The second kappa shape index (κ2) is 4.67. The van der Waals surface area contributed by atoms with Crippen molar-refractivity contribution < 1.29 is 9.84 Å². The molecule has 1 atom stereocenters. The summed E-state index contributed by atoms with van der Waals surface area (Å²) < 4.78 is 5.03. The Labute approximate surface area is 92.8 Å². The van der Waals surface area contributed by atoms with E-state index in [9.17, 15) is 5.11 Å². The average molecular weight is 217 g/mol. The number of aromatic nitrogens is 3. The van der Waals surface area contributed by atoms with Gasteiger partial charge in [-0.25, -0.2) is 9.97 Å². The van der Waals surface area contributed by atoms with Crippen LogP contribution in [0.25, 0.3) is 0 Å². The molecule has 1 unspecified atom stereocenters. The zero-order valence-electron chi connectivity index (χ0n) is 8.74. The van der Waals surface area contributed by atoms with Crippen LogP contribution >= 0.6 is 0 Å². The fraction of sp³-hybridized carbons (Fsp3) is 0.182. The molecule has 1 N–H and O–H groups in total. The Kier molecular flexibility index (Phi) is 3.07. The molecule has 0 radical (unpaired) electrons. The Balaban J connectivity index is 2.30. The van der Waals surface area contributed by atoms with E-state index in [0.29, 0.717) is 17.1 Å². The standard InChI is InChI=1S/C11H11N3O2/c1-16-9-5-8(6-12-7-9)10(15)11-13-3-2-4-14-11/h2-7,10,15H,1H3. The van der Waals surface area contributed by atoms with Crippen LogP contribution in [0.1, 0.15) is 17.5 Å². The molecule has 0 amide bonds. The van der Waals surface area contributed by atoms with E-state index in [1.807, 2.05) is 0 Å². The highest BCUT2D eigenvalue weighted by Crippen LogP contribution is 2.20. The van der Waals surface area contributed by atoms with Gasteiger partial charge in [0.1, 0.15) is 11.9 Å². The second-order valence-corrected chi connectivity index (χ2v) is 3.17. The van der Waals surface area contributed by atoms with E-state index in [1.165, 1.54) is 0 Å². The van der Waals surface area contributed by atoms with Crippen LogP contribution in [0.4, 0.5) is 0 Å². The zero-order chi connectivity index (χ0) is 11.4. The first-order chi connectivity index (χ1) is 7.81. The number of hydrogen-bond donors (Lipinski definition) is 1. The molecule has 82 valence electrons. The Morgan fingerprint density at radius 3 is 2.69 bits per heavy atom. The quantitative estimate of drug-likeness (QED) is 0.829. The van der Waals surface area contributed by atoms with E-state index >= 15 is 0 Å². The molecular formula is C11H11N3O2. The molecule has 0 aromatic carbocycles. The van der Waals surface area contributed by atoms with E-state index in [4.69, 9.17) is 4.74 Å². The number of rotatable bonds is 3. The summed E-state index contributed by atoms with van der Waals surface area (Å²) in [5.74, 6) is 0.935. The number of pyridine rings is 1. The summed E-state index contributed by atoms with van der Waals surface area (Å²) in [4.78, 5) is 11.9. The molecule has 0 aliphatic rings. The van der Waals surface area contributed by atoms with Crippen molar-refractivity contribution in [3.05, 3.63) is 48.3 Å². The first kappa shape index (κ1) is 10.5. The van der Waals surface area contributed by atoms with E-state index in [0.717, 1.165) is 0 Å². The summed E-state index contributed by atoms with van der Waals surface area (Å²) in [5.41, 5.74) is 0.602. The van der Waals surface area contributed by atoms with Crippen LogP contribution in [0.3, 0.4) is 0 Å². The third-order valence-electron chi connectivity index (χ3n) is 2.12. The first-order valence-corrected chi connectivity index (χ1v) is 4.75. The molecule has 0 bridgehead atoms. The smallest absolute Gasteiger partial charge is 0.161 e. The molecule has 0 saturated carbocycles. The minimum absolute atomic E-state index is 0.345. The van der Waals surface area contributed by atoms with Gasteiger partial charge in [-0.3, -0.25) is 4.98 Å². The second-order valence-electron chi connectivity index (χ2n) is 3.17. The lowest BCUT2D eigenvalue weighted by molar-refractivity contribution is 0.209. The number of hydrogen-bond acceptors (Lipinski definition) is 5. The molecule has 5 nitrogen and oxygen atoms in total. The lowest BCUT2D eigenvalue weighted by atomic mass is 10.1. The molecule has 0 fully saturated rings. The van der Waals surface area contributed by atoms with Crippen LogP contribution in [0.5, 0.6) is 5.75 Å². The highest BCUT2D eigenvalue weighted by Gasteiger charge is 2.13. The summed E-state index contributed by atoms with van der Waals surface area (Å²) in [6.07, 6.45) is 5.41. The predicted octanol–water partition coefficient (Wildman–Crippen LogP) is 0.962. The number of aliphatic hydroxyl groups excluding tert-OH is 1. The van der Waals surface area contributed by atoms with Crippen molar-refractivity contribution in [2.45, 2.75) is 6.10 Å². The van der Waals surface area contributed by atoms with Crippen molar-refractivity contribution in [2.24, 2.45) is 0 Å². The van der Waals surface area contributed by atoms with Gasteiger partial charge in [-0.2, -0.15) is 0 Å². The lowest BCUT2D eigenvalue weighted by Crippen LogP contribution is -2.05. The van der Waals surface area contributed by atoms with Crippen molar-refractivity contribution >= 4 is 0 Å². The maximum Gasteiger partial charge on any atom is 0.161 e. The summed E-state index contributed by atoms with van der Waals surface area (Å²) in [6.45, 7) is 0. The largest absolute Gasteiger partial charge is 0.495 e. The van der Waals surface area contributed by atoms with E-state index in [1.54, 1.807) is 44.0 Å². The summed E-state index contributed by atoms with van der Waals surface area (Å²) in [7, 11) is 1.55. The monoisotopic (exact) mass is 217 g/mol. The first-order valence-electron chi connectivity index (χ1n) is 4.75. The highest BCUT2D eigenvalue weighted by molar-refractivity contribution is 5.27. The van der Waals surface area contributed by atoms with Gasteiger partial charge in [0.15, 0.2) is 5.82 Å². The molecule has 2 rings (SSSR count). The van der Waals surface area contributed by atoms with E-state index in [-0.39, 0.29) is 0 Å². The Bertz CT molecular complexity index is 462. The Morgan fingerprint density at radius 1 is 1.25 bits per heavy atom. The van der Waals surface area contributed by atoms with Crippen molar-refractivity contribution in [1.29, 1.82) is 0 Å². The van der Waals surface area contributed by atoms with Crippen LogP contribution < -0.4 is 4.74 Å². The highest BCUT2D eigenvalue weighted by atomic mass is 16.5. The molecule has 0 aliphatic heterocycles. The SMILES string of the molecule is COc1cncc(C(O)c2ncccn2)c1. The molecular weight excluding hydrogens is 206 g/mol. The zero-order valence-corrected chi connectivity index (χ0v) is 8.74. The van der Waals surface area contributed by atoms with Crippen molar-refractivity contribution in [2.75, 3.05) is 7.11 Å². The fourth-order valence-electron chi connectivity index (χ4n) is 1.30. The van der Waals surface area contributed by atoms with Gasteiger partial charge in [0.25, 0.3) is 0 Å². The lowest BCUT2D eigenvalue weighted by Gasteiger charge is -2.09. The fourth-order valence-corrected chi connectivity index (χ4v) is 1.30. The van der Waals surface area contributed by atoms with Crippen LogP contribution in [-0.4, -0.2) is 27.2 Å². The molecule has 5 heteroatoms. The molecule has 0 spiro atoms. The van der Waals surface area contributed by atoms with Crippen LogP contribution in [0, 0.1) is 0 Å². The molecule has 2 aromatic rings. The third kappa shape index (κ3) is 2.14. The van der Waals surface area contributed by atoms with Gasteiger partial charge in [0.2, 0.25) is 0 Å². The minimum Gasteiger partial charge on any atom is -0.495 e. The van der Waals surface area contributed by atoms with Gasteiger partial charge in [0.05, 0.1) is 13.3 Å². The number of aliphatic hydroxyl groups is 1. The number of methoxy groups -OCH3 is 1. The normalized spacial score (nSPS) is 12.1. The van der Waals surface area contributed by atoms with Crippen LogP contribution in [-0.2, 0) is 0 Å². The molecule has 2 aromatic heterocycles. The Hall–Kier alpha value is -2.01. The van der Waals surface area contributed by atoms with Gasteiger partial charge >= 0.3 is 0 Å². The van der Waals surface area contributed by atoms with Gasteiger partial charge < -0.3 is 9.84 Å². The minimum atomic E-state index is -0.885. The number of nitrogens with zero attached hydrogens (tertiary/aromatic N) is 3. The molecule has 0 saturated heterocycles. The van der Waals surface area contributed by atoms with Gasteiger partial charge in [-0.15, -0.1) is 0 Å². The maximum absolute atomic E-state index is 9.99. The Morgan fingerprint density at radius 2 is 2.00 bits per heavy atom. The van der Waals surface area contributed by atoms with Gasteiger partial charge in [-0.1, -0.05) is 0 Å². The predicted molar refractivity (Wildman–Crippen MR) is 56.9 cm³/mol. The summed E-state index contributed by atoms with van der Waals surface area (Å²) in [6, 6.07) is 3.40. The van der Waals surface area contributed by atoms with Crippen LogP contribution in [0.2, 0.25) is 0 Å². The van der Waals surface area contributed by atoms with Gasteiger partial charge in [-0.05, 0) is 12.1 Å². The average Bonchev–Trinajstić information content (AvgIpc) is 2.39. The van der Waals surface area contributed by atoms with Crippen molar-refractivity contribution in [3.63, 3.8) is 0 Å². The molecule has 2 heterocycles. The summed E-state index contributed by atoms with van der Waals surface area (Å²) in [5, 5.41) is 9.99. The molecule has 0 aliphatic carbocycles. The van der Waals surface area contributed by atoms with Crippen LogP contribution in [0.15, 0.2) is 36.9 Å². The third-order valence-corrected chi connectivity index (χ3v) is 2.12. The van der Waals surface area contributed by atoms with E-state index in [2.05, 4.69) is 15.0 Å². The maximum atomic E-state index is 9.99. The topological polar surface area (TPSA) is 68.1 Å². The van der Waals surface area contributed by atoms with Crippen molar-refractivity contribution in [3.8, 4) is 5.75 Å².